The average Bonchev–Trinajstić information content (AvgIpc) is 2.71. The van der Waals surface area contributed by atoms with Crippen LogP contribution in [0.15, 0.2) is 52.1 Å². The van der Waals surface area contributed by atoms with Crippen molar-refractivity contribution in [3.05, 3.63) is 84.9 Å². The maximum Gasteiger partial charge on any atom is 0.433 e. The predicted molar refractivity (Wildman–Crippen MR) is 110 cm³/mol. The number of halogens is 6. The van der Waals surface area contributed by atoms with Gasteiger partial charge in [-0.3, -0.25) is 9.36 Å². The zero-order valence-corrected chi connectivity index (χ0v) is 17.9. The molecule has 0 aliphatic rings. The smallest absolute Gasteiger partial charge is 0.433 e. The van der Waals surface area contributed by atoms with Gasteiger partial charge in [0.15, 0.2) is 5.69 Å². The SMILES string of the molecule is CC.Cn1c(C(F)(F)F)c(Cl)c(=O)n(-c2cc(Oc3ccccc3)c(Cl)cc2F)c1=O. The molecular weight excluding hydrogens is 463 g/mol. The van der Waals surface area contributed by atoms with Gasteiger partial charge in [0.2, 0.25) is 0 Å². The Kier molecular flexibility index (Phi) is 7.56. The van der Waals surface area contributed by atoms with E-state index in [4.69, 9.17) is 27.9 Å². The van der Waals surface area contributed by atoms with Crippen molar-refractivity contribution in [3.63, 3.8) is 0 Å². The third-order valence-electron chi connectivity index (χ3n) is 3.89. The Hall–Kier alpha value is -2.78. The summed E-state index contributed by atoms with van der Waals surface area (Å²) < 4.78 is 59.7. The van der Waals surface area contributed by atoms with Crippen LogP contribution < -0.4 is 16.0 Å². The third kappa shape index (κ3) is 4.94. The molecule has 0 aliphatic heterocycles. The molecule has 0 saturated carbocycles. The molecule has 1 aromatic heterocycles. The number of ether oxygens (including phenoxy) is 1. The summed E-state index contributed by atoms with van der Waals surface area (Å²) in [5, 5.41) is -1.46. The van der Waals surface area contributed by atoms with E-state index in [9.17, 15) is 27.2 Å². The molecule has 3 rings (SSSR count). The number of para-hydroxylation sites is 1. The molecule has 0 unspecified atom stereocenters. The summed E-state index contributed by atoms with van der Waals surface area (Å²) in [6.07, 6.45) is -5.07. The van der Waals surface area contributed by atoms with Crippen LogP contribution in [0.5, 0.6) is 11.5 Å². The first-order valence-electron chi connectivity index (χ1n) is 8.83. The second-order valence-corrected chi connectivity index (χ2v) is 6.58. The molecule has 0 amide bonds. The molecule has 0 fully saturated rings. The Labute approximate surface area is 184 Å². The lowest BCUT2D eigenvalue weighted by Crippen LogP contribution is -2.42. The Bertz CT molecular complexity index is 1170. The first-order valence-corrected chi connectivity index (χ1v) is 9.59. The van der Waals surface area contributed by atoms with E-state index in [1.807, 2.05) is 13.8 Å². The Morgan fingerprint density at radius 3 is 2.13 bits per heavy atom. The van der Waals surface area contributed by atoms with E-state index < -0.39 is 39.6 Å². The van der Waals surface area contributed by atoms with Crippen LogP contribution in [0.1, 0.15) is 19.5 Å². The highest BCUT2D eigenvalue weighted by Gasteiger charge is 2.39. The number of rotatable bonds is 3. The topological polar surface area (TPSA) is 53.2 Å². The first kappa shape index (κ1) is 24.5. The van der Waals surface area contributed by atoms with E-state index >= 15 is 0 Å². The maximum atomic E-state index is 14.5. The highest BCUT2D eigenvalue weighted by Crippen LogP contribution is 2.34. The van der Waals surface area contributed by atoms with Crippen LogP contribution in [-0.2, 0) is 13.2 Å². The van der Waals surface area contributed by atoms with Crippen molar-refractivity contribution < 1.29 is 22.3 Å². The lowest BCUT2D eigenvalue weighted by molar-refractivity contribution is -0.143. The zero-order chi connectivity index (χ0) is 23.5. The average molecular weight is 479 g/mol. The Balaban J connectivity index is 0.00000166. The summed E-state index contributed by atoms with van der Waals surface area (Å²) >= 11 is 11.5. The van der Waals surface area contributed by atoms with Crippen molar-refractivity contribution in [1.82, 2.24) is 9.13 Å². The van der Waals surface area contributed by atoms with E-state index in [1.54, 1.807) is 30.3 Å². The summed E-state index contributed by atoms with van der Waals surface area (Å²) in [6.45, 7) is 4.00. The second kappa shape index (κ2) is 9.57. The summed E-state index contributed by atoms with van der Waals surface area (Å²) in [5.74, 6) is -0.942. The van der Waals surface area contributed by atoms with Crippen LogP contribution in [0, 0.1) is 5.82 Å². The molecule has 0 spiro atoms. The molecule has 2 aromatic carbocycles. The van der Waals surface area contributed by atoms with Crippen molar-refractivity contribution in [2.75, 3.05) is 0 Å². The fraction of sp³-hybridized carbons (Fsp3) is 0.200. The van der Waals surface area contributed by atoms with Crippen LogP contribution in [-0.4, -0.2) is 9.13 Å². The molecule has 0 radical (unpaired) electrons. The van der Waals surface area contributed by atoms with Crippen molar-refractivity contribution in [2.45, 2.75) is 20.0 Å². The largest absolute Gasteiger partial charge is 0.456 e. The van der Waals surface area contributed by atoms with Gasteiger partial charge in [0.05, 0.1) is 10.7 Å². The minimum Gasteiger partial charge on any atom is -0.456 e. The van der Waals surface area contributed by atoms with Crippen LogP contribution in [0.3, 0.4) is 0 Å². The fourth-order valence-electron chi connectivity index (χ4n) is 2.59. The van der Waals surface area contributed by atoms with Crippen LogP contribution >= 0.6 is 23.2 Å². The third-order valence-corrected chi connectivity index (χ3v) is 4.53. The van der Waals surface area contributed by atoms with Gasteiger partial charge in [0.25, 0.3) is 5.56 Å². The standard InChI is InChI=1S/C18H10Cl2F4N2O3.C2H6/c1-25-15(18(22,23)24)14(20)16(27)26(17(25)28)12-8-13(10(19)7-11(12)21)29-9-5-3-2-4-6-9;1-2/h2-8H,1H3;1-2H3. The van der Waals surface area contributed by atoms with Gasteiger partial charge in [-0.2, -0.15) is 13.2 Å². The highest BCUT2D eigenvalue weighted by molar-refractivity contribution is 6.32. The van der Waals surface area contributed by atoms with E-state index in [2.05, 4.69) is 0 Å². The Morgan fingerprint density at radius 2 is 1.58 bits per heavy atom. The van der Waals surface area contributed by atoms with Gasteiger partial charge in [-0.25, -0.2) is 13.8 Å². The van der Waals surface area contributed by atoms with Gasteiger partial charge < -0.3 is 4.74 Å². The maximum absolute atomic E-state index is 14.5. The monoisotopic (exact) mass is 478 g/mol. The Morgan fingerprint density at radius 1 is 1.00 bits per heavy atom. The van der Waals surface area contributed by atoms with Gasteiger partial charge in [-0.05, 0) is 18.2 Å². The summed E-state index contributed by atoms with van der Waals surface area (Å²) in [4.78, 5) is 24.8. The number of benzene rings is 2. The normalized spacial score (nSPS) is 11.0. The van der Waals surface area contributed by atoms with Crippen molar-refractivity contribution in [1.29, 1.82) is 0 Å². The number of hydrogen-bond donors (Lipinski definition) is 0. The lowest BCUT2D eigenvalue weighted by Gasteiger charge is -2.17. The number of alkyl halides is 3. The van der Waals surface area contributed by atoms with Gasteiger partial charge in [0.1, 0.15) is 22.3 Å². The summed E-state index contributed by atoms with van der Waals surface area (Å²) in [5.41, 5.74) is -5.28. The van der Waals surface area contributed by atoms with E-state index in [0.29, 0.717) is 5.75 Å². The van der Waals surface area contributed by atoms with Crippen LogP contribution in [0.4, 0.5) is 17.6 Å². The molecule has 0 bridgehead atoms. The summed E-state index contributed by atoms with van der Waals surface area (Å²) in [7, 11) is 0.766. The van der Waals surface area contributed by atoms with Gasteiger partial charge in [0, 0.05) is 13.1 Å². The molecule has 0 aliphatic carbocycles. The lowest BCUT2D eigenvalue weighted by atomic mass is 10.2. The van der Waals surface area contributed by atoms with Crippen molar-refractivity contribution in [3.8, 4) is 17.2 Å². The molecule has 5 nitrogen and oxygen atoms in total. The van der Waals surface area contributed by atoms with E-state index in [0.717, 1.165) is 19.2 Å². The van der Waals surface area contributed by atoms with Crippen LogP contribution in [0.2, 0.25) is 10.0 Å². The van der Waals surface area contributed by atoms with Gasteiger partial charge in [-0.15, -0.1) is 0 Å². The molecule has 11 heteroatoms. The van der Waals surface area contributed by atoms with E-state index in [1.165, 1.54) is 0 Å². The molecular formula is C20H16Cl2F4N2O3. The number of aromatic nitrogens is 2. The summed E-state index contributed by atoms with van der Waals surface area (Å²) in [6, 6.07) is 9.87. The fourth-order valence-corrected chi connectivity index (χ4v) is 3.10. The number of hydrogen-bond acceptors (Lipinski definition) is 3. The number of nitrogens with zero attached hydrogens (tertiary/aromatic N) is 2. The molecule has 0 saturated heterocycles. The molecule has 1 heterocycles. The minimum atomic E-state index is -5.07. The van der Waals surface area contributed by atoms with E-state index in [-0.39, 0.29) is 19.9 Å². The molecule has 0 N–H and O–H groups in total. The van der Waals surface area contributed by atoms with Gasteiger partial charge >= 0.3 is 11.9 Å². The minimum absolute atomic E-state index is 0.121. The second-order valence-electron chi connectivity index (χ2n) is 5.79. The zero-order valence-electron chi connectivity index (χ0n) is 16.4. The molecule has 3 aromatic rings. The van der Waals surface area contributed by atoms with Crippen molar-refractivity contribution >= 4 is 23.2 Å². The molecule has 0 atom stereocenters. The van der Waals surface area contributed by atoms with Gasteiger partial charge in [-0.1, -0.05) is 55.2 Å². The molecule has 166 valence electrons. The molecule has 31 heavy (non-hydrogen) atoms. The van der Waals surface area contributed by atoms with Crippen LogP contribution in [0.25, 0.3) is 5.69 Å². The quantitative estimate of drug-likeness (QED) is 0.445. The predicted octanol–water partition coefficient (Wildman–Crippen LogP) is 5.82. The highest BCUT2D eigenvalue weighted by atomic mass is 35.5. The van der Waals surface area contributed by atoms with Crippen molar-refractivity contribution in [2.24, 2.45) is 7.05 Å². The first-order chi connectivity index (χ1) is 14.5.